The summed E-state index contributed by atoms with van der Waals surface area (Å²) in [6.45, 7) is 8.19. The van der Waals surface area contributed by atoms with Crippen LogP contribution in [0.3, 0.4) is 0 Å². The maximum absolute atomic E-state index is 10.0. The molecule has 0 spiro atoms. The molecule has 0 bridgehead atoms. The molecule has 4 heteroatoms. The molecule has 1 heterocycles. The van der Waals surface area contributed by atoms with Gasteiger partial charge in [-0.05, 0) is 57.0 Å². The summed E-state index contributed by atoms with van der Waals surface area (Å²) in [6.07, 6.45) is 2.88. The van der Waals surface area contributed by atoms with E-state index in [4.69, 9.17) is 0 Å². The van der Waals surface area contributed by atoms with Gasteiger partial charge in [-0.15, -0.1) is 0 Å². The van der Waals surface area contributed by atoms with Crippen LogP contribution in [0.5, 0.6) is 0 Å². The Bertz CT molecular complexity index is 423. The van der Waals surface area contributed by atoms with E-state index in [0.29, 0.717) is 6.04 Å². The lowest BCUT2D eigenvalue weighted by molar-refractivity contribution is -0.00596. The van der Waals surface area contributed by atoms with E-state index in [-0.39, 0.29) is 0 Å². The van der Waals surface area contributed by atoms with E-state index >= 15 is 0 Å². The van der Waals surface area contributed by atoms with Crippen molar-refractivity contribution in [1.82, 2.24) is 10.2 Å². The highest BCUT2D eigenvalue weighted by Gasteiger charge is 2.27. The van der Waals surface area contributed by atoms with Gasteiger partial charge in [0.25, 0.3) is 0 Å². The SMILES string of the molecule is CCNC(CCN1CCC(C)(O)CC1)c1ccc(Br)cc1. The molecule has 1 fully saturated rings. The number of aliphatic hydroxyl groups is 1. The number of piperidine rings is 1. The van der Waals surface area contributed by atoms with Gasteiger partial charge >= 0.3 is 0 Å². The summed E-state index contributed by atoms with van der Waals surface area (Å²) < 4.78 is 1.12. The first-order chi connectivity index (χ1) is 10.00. The van der Waals surface area contributed by atoms with Gasteiger partial charge in [0.05, 0.1) is 5.60 Å². The molecular formula is C17H27BrN2O. The Kier molecular flexibility index (Phi) is 6.23. The molecule has 1 aromatic rings. The van der Waals surface area contributed by atoms with Crippen LogP contribution in [0.25, 0.3) is 0 Å². The first-order valence-corrected chi connectivity index (χ1v) is 8.73. The lowest BCUT2D eigenvalue weighted by Gasteiger charge is -2.36. The number of nitrogens with one attached hydrogen (secondary N) is 1. The van der Waals surface area contributed by atoms with Crippen LogP contribution in [0.15, 0.2) is 28.7 Å². The average Bonchev–Trinajstić information content (AvgIpc) is 2.46. The van der Waals surface area contributed by atoms with Crippen LogP contribution in [-0.4, -0.2) is 41.8 Å². The molecule has 1 atom stereocenters. The van der Waals surface area contributed by atoms with Gasteiger partial charge in [-0.1, -0.05) is 35.0 Å². The van der Waals surface area contributed by atoms with Crippen molar-refractivity contribution < 1.29 is 5.11 Å². The first kappa shape index (κ1) is 16.9. The van der Waals surface area contributed by atoms with Crippen LogP contribution in [0.4, 0.5) is 0 Å². The highest BCUT2D eigenvalue weighted by atomic mass is 79.9. The Morgan fingerprint density at radius 3 is 2.48 bits per heavy atom. The molecule has 0 amide bonds. The number of rotatable bonds is 6. The van der Waals surface area contributed by atoms with E-state index in [1.807, 2.05) is 6.92 Å². The third-order valence-electron chi connectivity index (χ3n) is 4.39. The van der Waals surface area contributed by atoms with Crippen LogP contribution in [-0.2, 0) is 0 Å². The number of nitrogens with zero attached hydrogens (tertiary/aromatic N) is 1. The van der Waals surface area contributed by atoms with E-state index in [9.17, 15) is 5.11 Å². The number of hydrogen-bond acceptors (Lipinski definition) is 3. The maximum atomic E-state index is 10.0. The quantitative estimate of drug-likeness (QED) is 0.822. The summed E-state index contributed by atoms with van der Waals surface area (Å²) >= 11 is 3.49. The highest BCUT2D eigenvalue weighted by Crippen LogP contribution is 2.24. The first-order valence-electron chi connectivity index (χ1n) is 7.94. The zero-order valence-corrected chi connectivity index (χ0v) is 14.7. The molecule has 0 saturated carbocycles. The van der Waals surface area contributed by atoms with E-state index < -0.39 is 5.60 Å². The van der Waals surface area contributed by atoms with Crippen LogP contribution in [0.1, 0.15) is 44.7 Å². The van der Waals surface area contributed by atoms with Gasteiger partial charge in [-0.3, -0.25) is 0 Å². The van der Waals surface area contributed by atoms with Crippen molar-refractivity contribution in [1.29, 1.82) is 0 Å². The molecule has 118 valence electrons. The molecule has 1 unspecified atom stereocenters. The summed E-state index contributed by atoms with van der Waals surface area (Å²) in [6, 6.07) is 9.01. The third-order valence-corrected chi connectivity index (χ3v) is 4.92. The molecule has 1 aliphatic rings. The Morgan fingerprint density at radius 1 is 1.29 bits per heavy atom. The van der Waals surface area contributed by atoms with Crippen LogP contribution >= 0.6 is 15.9 Å². The van der Waals surface area contributed by atoms with Gasteiger partial charge in [0.15, 0.2) is 0 Å². The molecule has 1 saturated heterocycles. The second kappa shape index (κ2) is 7.73. The van der Waals surface area contributed by atoms with Crippen molar-refractivity contribution in [3.63, 3.8) is 0 Å². The minimum absolute atomic E-state index is 0.408. The van der Waals surface area contributed by atoms with Crippen molar-refractivity contribution >= 4 is 15.9 Å². The Balaban J connectivity index is 1.87. The van der Waals surface area contributed by atoms with Crippen molar-refractivity contribution in [3.05, 3.63) is 34.3 Å². The van der Waals surface area contributed by atoms with E-state index in [1.54, 1.807) is 0 Å². The minimum Gasteiger partial charge on any atom is -0.390 e. The number of likely N-dealkylation sites (tertiary alicyclic amines) is 1. The normalized spacial score (nSPS) is 20.4. The van der Waals surface area contributed by atoms with Gasteiger partial charge in [0.2, 0.25) is 0 Å². The van der Waals surface area contributed by atoms with Crippen molar-refractivity contribution in [2.24, 2.45) is 0 Å². The predicted octanol–water partition coefficient (Wildman–Crippen LogP) is 3.34. The van der Waals surface area contributed by atoms with Crippen LogP contribution < -0.4 is 5.32 Å². The number of hydrogen-bond donors (Lipinski definition) is 2. The molecule has 2 N–H and O–H groups in total. The summed E-state index contributed by atoms with van der Waals surface area (Å²) in [5.41, 5.74) is 0.896. The topological polar surface area (TPSA) is 35.5 Å². The largest absolute Gasteiger partial charge is 0.390 e. The van der Waals surface area contributed by atoms with Gasteiger partial charge in [0, 0.05) is 23.6 Å². The standard InChI is InChI=1S/C17H27BrN2O/c1-3-19-16(14-4-6-15(18)7-5-14)8-11-20-12-9-17(2,21)10-13-20/h4-7,16,19,21H,3,8-13H2,1-2H3. The molecule has 21 heavy (non-hydrogen) atoms. The molecule has 0 radical (unpaired) electrons. The lowest BCUT2D eigenvalue weighted by Crippen LogP contribution is -2.43. The molecule has 0 aliphatic carbocycles. The smallest absolute Gasteiger partial charge is 0.0644 e. The fourth-order valence-electron chi connectivity index (χ4n) is 2.90. The van der Waals surface area contributed by atoms with E-state index in [0.717, 1.165) is 49.9 Å². The number of benzene rings is 1. The summed E-state index contributed by atoms with van der Waals surface area (Å²) in [5, 5.41) is 13.6. The van der Waals surface area contributed by atoms with E-state index in [1.165, 1.54) is 5.56 Å². The van der Waals surface area contributed by atoms with Crippen LogP contribution in [0, 0.1) is 0 Å². The molecule has 1 aliphatic heterocycles. The lowest BCUT2D eigenvalue weighted by atomic mass is 9.93. The third kappa shape index (κ3) is 5.37. The Morgan fingerprint density at radius 2 is 1.90 bits per heavy atom. The molecule has 1 aromatic carbocycles. The fourth-order valence-corrected chi connectivity index (χ4v) is 3.16. The molecule has 3 nitrogen and oxygen atoms in total. The van der Waals surface area contributed by atoms with Crippen molar-refractivity contribution in [2.75, 3.05) is 26.2 Å². The van der Waals surface area contributed by atoms with Crippen molar-refractivity contribution in [3.8, 4) is 0 Å². The minimum atomic E-state index is -0.455. The summed E-state index contributed by atoms with van der Waals surface area (Å²) in [5.74, 6) is 0. The predicted molar refractivity (Wildman–Crippen MR) is 91.5 cm³/mol. The molecule has 0 aromatic heterocycles. The summed E-state index contributed by atoms with van der Waals surface area (Å²) in [4.78, 5) is 2.47. The average molecular weight is 355 g/mol. The monoisotopic (exact) mass is 354 g/mol. The molecular weight excluding hydrogens is 328 g/mol. The zero-order chi connectivity index (χ0) is 15.3. The highest BCUT2D eigenvalue weighted by molar-refractivity contribution is 9.10. The maximum Gasteiger partial charge on any atom is 0.0644 e. The Labute approximate surface area is 136 Å². The fraction of sp³-hybridized carbons (Fsp3) is 0.647. The number of halogens is 1. The van der Waals surface area contributed by atoms with E-state index in [2.05, 4.69) is 57.3 Å². The second-order valence-corrected chi connectivity index (χ2v) is 7.20. The van der Waals surface area contributed by atoms with Gasteiger partial charge < -0.3 is 15.3 Å². The van der Waals surface area contributed by atoms with Crippen LogP contribution in [0.2, 0.25) is 0 Å². The van der Waals surface area contributed by atoms with Gasteiger partial charge in [-0.2, -0.15) is 0 Å². The van der Waals surface area contributed by atoms with Crippen molar-refractivity contribution in [2.45, 2.75) is 44.8 Å². The summed E-state index contributed by atoms with van der Waals surface area (Å²) in [7, 11) is 0. The zero-order valence-electron chi connectivity index (χ0n) is 13.1. The Hall–Kier alpha value is -0.420. The second-order valence-electron chi connectivity index (χ2n) is 6.29. The molecule has 2 rings (SSSR count). The van der Waals surface area contributed by atoms with Gasteiger partial charge in [0.1, 0.15) is 0 Å². The van der Waals surface area contributed by atoms with Gasteiger partial charge in [-0.25, -0.2) is 0 Å².